The Labute approximate surface area is 271 Å². The van der Waals surface area contributed by atoms with Gasteiger partial charge in [-0.2, -0.15) is 0 Å². The van der Waals surface area contributed by atoms with Gasteiger partial charge in [0.15, 0.2) is 23.1 Å². The lowest BCUT2D eigenvalue weighted by atomic mass is 10.0. The maximum absolute atomic E-state index is 6.22. The van der Waals surface area contributed by atoms with Crippen LogP contribution < -0.4 is 0 Å². The molecule has 6 nitrogen and oxygen atoms in total. The third-order valence-corrected chi connectivity index (χ3v) is 9.80. The van der Waals surface area contributed by atoms with Crippen molar-refractivity contribution in [2.45, 2.75) is 0 Å². The van der Waals surface area contributed by atoms with Crippen molar-refractivity contribution < 1.29 is 8.83 Å². The number of hydrogen-bond acceptors (Lipinski definition) is 7. The van der Waals surface area contributed by atoms with E-state index in [1.807, 2.05) is 84.9 Å². The van der Waals surface area contributed by atoms with Crippen molar-refractivity contribution in [3.05, 3.63) is 133 Å². The molecule has 0 radical (unpaired) electrons. The van der Waals surface area contributed by atoms with Gasteiger partial charge in [0.1, 0.15) is 16.7 Å². The summed E-state index contributed by atoms with van der Waals surface area (Å²) >= 11 is 1.72. The fraction of sp³-hybridized carbons (Fsp3) is 0. The molecule has 0 atom stereocenters. The van der Waals surface area contributed by atoms with Crippen LogP contribution in [-0.4, -0.2) is 19.9 Å². The number of rotatable bonds is 4. The zero-order valence-corrected chi connectivity index (χ0v) is 25.5. The lowest BCUT2D eigenvalue weighted by molar-refractivity contribution is 0.621. The van der Waals surface area contributed by atoms with E-state index in [1.165, 1.54) is 0 Å². The van der Waals surface area contributed by atoms with E-state index in [-0.39, 0.29) is 0 Å². The first kappa shape index (κ1) is 26.1. The average molecular weight is 623 g/mol. The largest absolute Gasteiger partial charge is 0.456 e. The van der Waals surface area contributed by atoms with Crippen LogP contribution in [0.15, 0.2) is 142 Å². The molecule has 220 valence electrons. The maximum Gasteiger partial charge on any atom is 0.228 e. The lowest BCUT2D eigenvalue weighted by Crippen LogP contribution is -2.00. The van der Waals surface area contributed by atoms with Gasteiger partial charge in [-0.1, -0.05) is 97.1 Å². The van der Waals surface area contributed by atoms with E-state index in [0.29, 0.717) is 23.4 Å². The number of fused-ring (bicyclic) bond motifs is 7. The molecule has 10 rings (SSSR count). The summed E-state index contributed by atoms with van der Waals surface area (Å²) in [5.74, 6) is 2.42. The summed E-state index contributed by atoms with van der Waals surface area (Å²) in [6.07, 6.45) is 0. The zero-order chi connectivity index (χ0) is 30.9. The Kier molecular flexibility index (Phi) is 5.64. The third-order valence-electron chi connectivity index (χ3n) is 8.60. The Hall–Kier alpha value is -6.18. The minimum absolute atomic E-state index is 0.592. The summed E-state index contributed by atoms with van der Waals surface area (Å²) in [6.45, 7) is 0. The lowest BCUT2D eigenvalue weighted by Gasteiger charge is -2.10. The minimum atomic E-state index is 0.592. The summed E-state index contributed by atoms with van der Waals surface area (Å²) in [6, 6.07) is 44.7. The highest BCUT2D eigenvalue weighted by Crippen LogP contribution is 2.44. The smallest absolute Gasteiger partial charge is 0.228 e. The molecule has 10 aromatic rings. The molecule has 0 N–H and O–H groups in total. The third kappa shape index (κ3) is 4.10. The van der Waals surface area contributed by atoms with Crippen molar-refractivity contribution in [2.75, 3.05) is 0 Å². The quantitative estimate of drug-likeness (QED) is 0.194. The van der Waals surface area contributed by atoms with E-state index in [1.54, 1.807) is 11.3 Å². The van der Waals surface area contributed by atoms with Crippen LogP contribution in [0, 0.1) is 0 Å². The van der Waals surface area contributed by atoms with Gasteiger partial charge in [-0.05, 0) is 36.4 Å². The van der Waals surface area contributed by atoms with Gasteiger partial charge >= 0.3 is 0 Å². The Balaban J connectivity index is 1.23. The number of nitrogens with zero attached hydrogens (tertiary/aromatic N) is 4. The van der Waals surface area contributed by atoms with E-state index in [4.69, 9.17) is 28.8 Å². The van der Waals surface area contributed by atoms with Crippen LogP contribution in [0.3, 0.4) is 0 Å². The van der Waals surface area contributed by atoms with E-state index < -0.39 is 0 Å². The maximum atomic E-state index is 6.22. The van der Waals surface area contributed by atoms with Gasteiger partial charge in [0.25, 0.3) is 0 Å². The number of benzene rings is 6. The Morgan fingerprint density at radius 1 is 0.426 bits per heavy atom. The Morgan fingerprint density at radius 2 is 1.06 bits per heavy atom. The fourth-order valence-electron chi connectivity index (χ4n) is 6.48. The molecular formula is C40H22N4O2S. The molecule has 4 heterocycles. The van der Waals surface area contributed by atoms with Gasteiger partial charge in [0.05, 0.1) is 5.56 Å². The first-order chi connectivity index (χ1) is 23.3. The van der Waals surface area contributed by atoms with E-state index in [9.17, 15) is 0 Å². The van der Waals surface area contributed by atoms with Gasteiger partial charge in [0, 0.05) is 47.6 Å². The van der Waals surface area contributed by atoms with Crippen LogP contribution in [0.2, 0.25) is 0 Å². The van der Waals surface area contributed by atoms with Crippen molar-refractivity contribution in [3.8, 4) is 45.6 Å². The average Bonchev–Trinajstić information content (AvgIpc) is 3.85. The number of para-hydroxylation sites is 3. The molecule has 0 spiro atoms. The molecule has 0 amide bonds. The number of aromatic nitrogens is 4. The van der Waals surface area contributed by atoms with Crippen LogP contribution in [0.1, 0.15) is 0 Å². The predicted octanol–water partition coefficient (Wildman–Crippen LogP) is 10.9. The van der Waals surface area contributed by atoms with Crippen molar-refractivity contribution >= 4 is 64.5 Å². The molecule has 0 bridgehead atoms. The summed E-state index contributed by atoms with van der Waals surface area (Å²) < 4.78 is 14.7. The first-order valence-corrected chi connectivity index (χ1v) is 16.1. The molecule has 0 aliphatic rings. The van der Waals surface area contributed by atoms with Crippen molar-refractivity contribution in [3.63, 3.8) is 0 Å². The molecule has 6 aromatic carbocycles. The molecule has 7 heteroatoms. The normalized spacial score (nSPS) is 11.8. The minimum Gasteiger partial charge on any atom is -0.456 e. The van der Waals surface area contributed by atoms with Gasteiger partial charge in [-0.15, -0.1) is 11.3 Å². The molecule has 4 aromatic heterocycles. The Bertz CT molecular complexity index is 2780. The molecule has 0 unspecified atom stereocenters. The number of thiophene rings is 1. The second kappa shape index (κ2) is 10.2. The van der Waals surface area contributed by atoms with Gasteiger partial charge in [-0.3, -0.25) is 0 Å². The summed E-state index contributed by atoms with van der Waals surface area (Å²) in [5.41, 5.74) is 6.96. The highest BCUT2D eigenvalue weighted by molar-refractivity contribution is 7.26. The summed E-state index contributed by atoms with van der Waals surface area (Å²) in [4.78, 5) is 20.2. The van der Waals surface area contributed by atoms with Crippen LogP contribution in [0.4, 0.5) is 0 Å². The van der Waals surface area contributed by atoms with Crippen LogP contribution in [0.25, 0.3) is 98.8 Å². The first-order valence-electron chi connectivity index (χ1n) is 15.3. The monoisotopic (exact) mass is 622 g/mol. The standard InChI is InChI=1S/C40H22N4O2S/c1-2-11-23(12-3-1)37-42-38(26-15-9-21-32-34(26)24-13-4-6-19-30(24)45-32)44-39(43-37)27-16-10-22-33-35(27)25-14-8-17-28(36(25)47-33)40-41-29-18-5-7-20-31(29)46-40/h1-22H. The number of hydrogen-bond donors (Lipinski definition) is 0. The summed E-state index contributed by atoms with van der Waals surface area (Å²) in [5, 5.41) is 4.21. The van der Waals surface area contributed by atoms with Crippen LogP contribution in [0.5, 0.6) is 0 Å². The van der Waals surface area contributed by atoms with Crippen LogP contribution in [-0.2, 0) is 0 Å². The molecule has 0 saturated carbocycles. The van der Waals surface area contributed by atoms with Gasteiger partial charge in [0.2, 0.25) is 5.89 Å². The second-order valence-corrected chi connectivity index (χ2v) is 12.5. The fourth-order valence-corrected chi connectivity index (χ4v) is 7.72. The molecule has 0 aliphatic carbocycles. The highest BCUT2D eigenvalue weighted by Gasteiger charge is 2.21. The zero-order valence-electron chi connectivity index (χ0n) is 24.7. The van der Waals surface area contributed by atoms with Gasteiger partial charge < -0.3 is 8.83 Å². The van der Waals surface area contributed by atoms with Crippen molar-refractivity contribution in [2.24, 2.45) is 0 Å². The molecular weight excluding hydrogens is 601 g/mol. The van der Waals surface area contributed by atoms with E-state index in [0.717, 1.165) is 75.5 Å². The highest BCUT2D eigenvalue weighted by atomic mass is 32.1. The number of oxazole rings is 1. The molecule has 47 heavy (non-hydrogen) atoms. The van der Waals surface area contributed by atoms with Crippen molar-refractivity contribution in [1.29, 1.82) is 0 Å². The topological polar surface area (TPSA) is 77.8 Å². The van der Waals surface area contributed by atoms with Gasteiger partial charge in [-0.25, -0.2) is 19.9 Å². The number of furan rings is 1. The molecule has 0 aliphatic heterocycles. The Morgan fingerprint density at radius 3 is 1.91 bits per heavy atom. The summed E-state index contributed by atoms with van der Waals surface area (Å²) in [7, 11) is 0. The second-order valence-electron chi connectivity index (χ2n) is 11.4. The van der Waals surface area contributed by atoms with Crippen LogP contribution >= 0.6 is 11.3 Å². The molecule has 0 saturated heterocycles. The predicted molar refractivity (Wildman–Crippen MR) is 189 cm³/mol. The van der Waals surface area contributed by atoms with Crippen molar-refractivity contribution in [1.82, 2.24) is 19.9 Å². The van der Waals surface area contributed by atoms with E-state index in [2.05, 4.69) is 48.5 Å². The SMILES string of the molecule is c1ccc(-c2nc(-c3cccc4oc5ccccc5c34)nc(-c3cccc4sc5c(-c6nc7ccccc7o6)cccc5c34)n2)cc1. The molecule has 0 fully saturated rings. The van der Waals surface area contributed by atoms with E-state index >= 15 is 0 Å².